The lowest BCUT2D eigenvalue weighted by Crippen LogP contribution is -2.37. The number of aliphatic imine (C=N–C) groups is 1. The smallest absolute Gasteiger partial charge is 0.191 e. The predicted molar refractivity (Wildman–Crippen MR) is 114 cm³/mol. The number of pyridine rings is 1. The number of benzene rings is 1. The summed E-state index contributed by atoms with van der Waals surface area (Å²) in [5.74, 6) is 1.61. The Morgan fingerprint density at radius 2 is 1.90 bits per heavy atom. The Morgan fingerprint density at radius 3 is 2.69 bits per heavy atom. The van der Waals surface area contributed by atoms with Crippen molar-refractivity contribution in [3.63, 3.8) is 0 Å². The van der Waals surface area contributed by atoms with Gasteiger partial charge in [0.15, 0.2) is 17.4 Å². The van der Waals surface area contributed by atoms with Crippen LogP contribution in [0.4, 0.5) is 5.69 Å². The van der Waals surface area contributed by atoms with Crippen LogP contribution in [0, 0.1) is 0 Å². The van der Waals surface area contributed by atoms with Crippen molar-refractivity contribution in [3.05, 3.63) is 60.0 Å². The van der Waals surface area contributed by atoms with Gasteiger partial charge in [0.1, 0.15) is 0 Å². The van der Waals surface area contributed by atoms with E-state index in [1.165, 1.54) is 11.3 Å². The van der Waals surface area contributed by atoms with Crippen molar-refractivity contribution >= 4 is 17.3 Å². The minimum absolute atomic E-state index is 0.549. The number of anilines is 1. The normalized spacial score (nSPS) is 14.9. The predicted octanol–water partition coefficient (Wildman–Crippen LogP) is 1.82. The van der Waals surface area contributed by atoms with E-state index < -0.39 is 0 Å². The third-order valence-electron chi connectivity index (χ3n) is 4.87. The van der Waals surface area contributed by atoms with Crippen molar-refractivity contribution in [3.8, 4) is 0 Å². The number of nitrogens with one attached hydrogen (secondary N) is 2. The van der Waals surface area contributed by atoms with Crippen molar-refractivity contribution in [1.29, 1.82) is 0 Å². The van der Waals surface area contributed by atoms with E-state index in [0.717, 1.165) is 50.3 Å². The number of hydrogen-bond acceptors (Lipinski definition) is 5. The average molecular weight is 393 g/mol. The lowest BCUT2D eigenvalue weighted by Gasteiger charge is -2.28. The van der Waals surface area contributed by atoms with E-state index in [2.05, 4.69) is 56.9 Å². The van der Waals surface area contributed by atoms with Crippen LogP contribution in [0.3, 0.4) is 0 Å². The number of fused-ring (bicyclic) bond motifs is 1. The fourth-order valence-electron chi connectivity index (χ4n) is 3.32. The van der Waals surface area contributed by atoms with Gasteiger partial charge in [0.2, 0.25) is 0 Å². The first-order valence-electron chi connectivity index (χ1n) is 10.1. The zero-order valence-corrected chi connectivity index (χ0v) is 16.7. The highest BCUT2D eigenvalue weighted by Crippen LogP contribution is 2.17. The van der Waals surface area contributed by atoms with Gasteiger partial charge in [-0.25, -0.2) is 4.99 Å². The molecule has 0 saturated carbocycles. The molecule has 2 N–H and O–H groups in total. The van der Waals surface area contributed by atoms with Crippen LogP contribution in [-0.4, -0.2) is 53.4 Å². The molecule has 1 aromatic carbocycles. The average Bonchev–Trinajstić information content (AvgIpc) is 3.20. The molecule has 0 spiro atoms. The maximum Gasteiger partial charge on any atom is 0.191 e. The summed E-state index contributed by atoms with van der Waals surface area (Å²) >= 11 is 0. The van der Waals surface area contributed by atoms with Crippen LogP contribution in [0.2, 0.25) is 0 Å². The summed E-state index contributed by atoms with van der Waals surface area (Å²) in [6.07, 6.45) is 1.96. The van der Waals surface area contributed by atoms with Gasteiger partial charge in [-0.3, -0.25) is 4.40 Å². The molecule has 3 heterocycles. The molecule has 0 atom stereocenters. The van der Waals surface area contributed by atoms with Gasteiger partial charge in [-0.05, 0) is 36.8 Å². The molecule has 1 fully saturated rings. The zero-order valence-electron chi connectivity index (χ0n) is 16.7. The summed E-state index contributed by atoms with van der Waals surface area (Å²) in [5, 5.41) is 15.1. The first-order valence-corrected chi connectivity index (χ1v) is 10.1. The van der Waals surface area contributed by atoms with E-state index in [1.54, 1.807) is 0 Å². The van der Waals surface area contributed by atoms with E-state index in [1.807, 2.05) is 28.8 Å². The van der Waals surface area contributed by atoms with Crippen LogP contribution in [0.15, 0.2) is 53.7 Å². The van der Waals surface area contributed by atoms with Gasteiger partial charge < -0.3 is 20.3 Å². The molecule has 1 aliphatic heterocycles. The summed E-state index contributed by atoms with van der Waals surface area (Å²) in [5.41, 5.74) is 3.25. The van der Waals surface area contributed by atoms with Crippen LogP contribution in [-0.2, 0) is 17.8 Å². The third kappa shape index (κ3) is 4.83. The zero-order chi connectivity index (χ0) is 19.9. The minimum atomic E-state index is 0.549. The maximum absolute atomic E-state index is 5.42. The van der Waals surface area contributed by atoms with Gasteiger partial charge >= 0.3 is 0 Å². The van der Waals surface area contributed by atoms with Gasteiger partial charge in [0.25, 0.3) is 0 Å². The topological polar surface area (TPSA) is 79.1 Å². The van der Waals surface area contributed by atoms with E-state index in [0.29, 0.717) is 13.1 Å². The number of rotatable bonds is 6. The van der Waals surface area contributed by atoms with Crippen LogP contribution in [0.1, 0.15) is 18.3 Å². The van der Waals surface area contributed by atoms with Crippen LogP contribution < -0.4 is 15.5 Å². The van der Waals surface area contributed by atoms with Gasteiger partial charge in [0.05, 0.1) is 26.3 Å². The molecule has 1 aliphatic rings. The molecular formula is C21H27N7O. The largest absolute Gasteiger partial charge is 0.378 e. The van der Waals surface area contributed by atoms with Crippen molar-refractivity contribution in [2.75, 3.05) is 37.7 Å². The molecular weight excluding hydrogens is 366 g/mol. The molecule has 0 unspecified atom stereocenters. The summed E-state index contributed by atoms with van der Waals surface area (Å²) in [4.78, 5) is 7.06. The molecule has 152 valence electrons. The molecule has 2 aromatic heterocycles. The quantitative estimate of drug-likeness (QED) is 0.491. The number of nitrogens with zero attached hydrogens (tertiary/aromatic N) is 5. The SMILES string of the molecule is CCNC(=NCc1ccc(N2CCOCC2)cc1)NCc1nnc2ccccn12. The Bertz CT molecular complexity index is 945. The van der Waals surface area contributed by atoms with E-state index in [9.17, 15) is 0 Å². The lowest BCUT2D eigenvalue weighted by molar-refractivity contribution is 0.122. The molecule has 4 rings (SSSR count). The molecule has 0 amide bonds. The van der Waals surface area contributed by atoms with Crippen molar-refractivity contribution in [1.82, 2.24) is 25.2 Å². The molecule has 8 nitrogen and oxygen atoms in total. The van der Waals surface area contributed by atoms with Gasteiger partial charge in [-0.15, -0.1) is 10.2 Å². The van der Waals surface area contributed by atoms with Crippen molar-refractivity contribution < 1.29 is 4.74 Å². The Kier molecular flexibility index (Phi) is 6.21. The highest BCUT2D eigenvalue weighted by atomic mass is 16.5. The highest BCUT2D eigenvalue weighted by molar-refractivity contribution is 5.79. The van der Waals surface area contributed by atoms with E-state index in [-0.39, 0.29) is 0 Å². The maximum atomic E-state index is 5.42. The second-order valence-corrected chi connectivity index (χ2v) is 6.86. The minimum Gasteiger partial charge on any atom is -0.378 e. The first-order chi connectivity index (χ1) is 14.3. The van der Waals surface area contributed by atoms with E-state index in [4.69, 9.17) is 9.73 Å². The highest BCUT2D eigenvalue weighted by Gasteiger charge is 2.11. The fourth-order valence-corrected chi connectivity index (χ4v) is 3.32. The summed E-state index contributed by atoms with van der Waals surface area (Å²) in [7, 11) is 0. The molecule has 8 heteroatoms. The summed E-state index contributed by atoms with van der Waals surface area (Å²) in [6, 6.07) is 14.5. The standard InChI is InChI=1S/C21H27N7O/c1-2-22-21(24-16-20-26-25-19-5-3-4-10-28(19)20)23-15-17-6-8-18(9-7-17)27-11-13-29-14-12-27/h3-10H,2,11-16H2,1H3,(H2,22,23,24). The van der Waals surface area contributed by atoms with Crippen molar-refractivity contribution in [2.24, 2.45) is 4.99 Å². The van der Waals surface area contributed by atoms with Gasteiger partial charge in [-0.2, -0.15) is 0 Å². The Hall–Kier alpha value is -3.13. The Morgan fingerprint density at radius 1 is 1.07 bits per heavy atom. The number of ether oxygens (including phenoxy) is 1. The van der Waals surface area contributed by atoms with Crippen LogP contribution >= 0.6 is 0 Å². The summed E-state index contributed by atoms with van der Waals surface area (Å²) < 4.78 is 7.40. The second kappa shape index (κ2) is 9.38. The molecule has 1 saturated heterocycles. The van der Waals surface area contributed by atoms with Gasteiger partial charge in [-0.1, -0.05) is 18.2 Å². The first kappa shape index (κ1) is 19.2. The molecule has 3 aromatic rings. The second-order valence-electron chi connectivity index (χ2n) is 6.86. The van der Waals surface area contributed by atoms with Gasteiger partial charge in [0, 0.05) is 31.5 Å². The fraction of sp³-hybridized carbons (Fsp3) is 0.381. The summed E-state index contributed by atoms with van der Waals surface area (Å²) in [6.45, 7) is 7.50. The van der Waals surface area contributed by atoms with Crippen molar-refractivity contribution in [2.45, 2.75) is 20.0 Å². The molecule has 0 bridgehead atoms. The molecule has 29 heavy (non-hydrogen) atoms. The van der Waals surface area contributed by atoms with Crippen LogP contribution in [0.5, 0.6) is 0 Å². The number of hydrogen-bond donors (Lipinski definition) is 2. The van der Waals surface area contributed by atoms with E-state index >= 15 is 0 Å². The monoisotopic (exact) mass is 393 g/mol. The van der Waals surface area contributed by atoms with Crippen LogP contribution in [0.25, 0.3) is 5.65 Å². The lowest BCUT2D eigenvalue weighted by atomic mass is 10.2. The number of morpholine rings is 1. The Labute approximate surface area is 170 Å². The third-order valence-corrected chi connectivity index (χ3v) is 4.87. The molecule has 0 radical (unpaired) electrons. The number of aromatic nitrogens is 3. The number of guanidine groups is 1. The Balaban J connectivity index is 1.37. The molecule has 0 aliphatic carbocycles.